The quantitative estimate of drug-likeness (QED) is 0.160. The van der Waals surface area contributed by atoms with Gasteiger partial charge in [-0.25, -0.2) is 0 Å². The van der Waals surface area contributed by atoms with Gasteiger partial charge in [-0.05, 0) is 190 Å². The maximum absolute atomic E-state index is 2.73. The normalized spacial score (nSPS) is 14.5. The van der Waals surface area contributed by atoms with Gasteiger partial charge in [0.25, 0.3) is 13.4 Å². The van der Waals surface area contributed by atoms with E-state index in [2.05, 4.69) is 360 Å². The van der Waals surface area contributed by atoms with Gasteiger partial charge >= 0.3 is 0 Å². The summed E-state index contributed by atoms with van der Waals surface area (Å²) >= 11 is 2.06. The molecule has 0 saturated carbocycles. The maximum Gasteiger partial charge on any atom is 0.267 e. The van der Waals surface area contributed by atoms with E-state index in [1.165, 1.54) is 127 Å². The number of hydrogen-bond donors (Lipinski definition) is 0. The van der Waals surface area contributed by atoms with E-state index >= 15 is 0 Å². The van der Waals surface area contributed by atoms with Gasteiger partial charge in [0.05, 0.1) is 16.9 Å². The molecule has 15 rings (SSSR count). The van der Waals surface area contributed by atoms with Crippen LogP contribution < -0.4 is 51.0 Å². The zero-order valence-electron chi connectivity index (χ0n) is 57.4. The third kappa shape index (κ3) is 9.38. The molecule has 92 heavy (non-hydrogen) atoms. The third-order valence-electron chi connectivity index (χ3n) is 20.3. The Bertz CT molecular complexity index is 4740. The minimum atomic E-state index is -0.227. The summed E-state index contributed by atoms with van der Waals surface area (Å²) in [5, 5.41) is 1.26. The molecular weight excluding hydrogens is 1130 g/mol. The molecule has 5 nitrogen and oxygen atoms in total. The smallest absolute Gasteiger partial charge is 0.267 e. The molecule has 9 aromatic carbocycles. The summed E-state index contributed by atoms with van der Waals surface area (Å²) in [7, 11) is 0. The fraction of sp³-hybridized carbons (Fsp3) is 0.286. The lowest BCUT2D eigenvalue weighted by atomic mass is 9.35. The van der Waals surface area contributed by atoms with Crippen LogP contribution in [-0.2, 0) is 32.5 Å². The number of fused-ring (bicyclic) bond motifs is 11. The second-order valence-electron chi connectivity index (χ2n) is 32.8. The van der Waals surface area contributed by atoms with Gasteiger partial charge in [0.2, 0.25) is 0 Å². The molecule has 0 saturated heterocycles. The number of rotatable bonds is 5. The van der Waals surface area contributed by atoms with Crippen LogP contribution in [0.15, 0.2) is 200 Å². The first kappa shape index (κ1) is 59.8. The predicted octanol–water partition coefficient (Wildman–Crippen LogP) is 19.6. The van der Waals surface area contributed by atoms with Crippen LogP contribution in [0, 0.1) is 0 Å². The Balaban J connectivity index is 1.13. The van der Waals surface area contributed by atoms with Crippen LogP contribution in [-0.4, -0.2) is 18.0 Å². The van der Waals surface area contributed by atoms with Crippen LogP contribution >= 0.6 is 11.3 Å². The number of benzene rings is 9. The molecule has 4 aliphatic heterocycles. The zero-order chi connectivity index (χ0) is 64.7. The van der Waals surface area contributed by atoms with E-state index in [1.54, 1.807) is 0 Å². The lowest BCUT2D eigenvalue weighted by molar-refractivity contribution is 0.589. The molecular formula is C84H87B2N5S. The van der Waals surface area contributed by atoms with Crippen molar-refractivity contribution in [3.05, 3.63) is 234 Å². The summed E-state index contributed by atoms with van der Waals surface area (Å²) in [5.74, 6) is 1.18. The number of thiophene rings is 1. The monoisotopic (exact) mass is 1220 g/mol. The van der Waals surface area contributed by atoms with Gasteiger partial charge in [-0.15, -0.1) is 0 Å². The SMILES string of the molecule is CC(C)(C)c1ccc(N2c3ccccc3B3c4sc5c(c4N(c4ccc(C(C)(C)C)cc4)c4cc(C(C)(C)C)cc2c43)N(c2ccc(C(C)(C)C)cc2)c2cc(C(C)(C)C)cc3c2B5c2c(n(-c4ccccc4)c4ccccc24)N3c2ccc(C(C)(C)C)cc2)cc1. The third-order valence-corrected chi connectivity index (χ3v) is 21.6. The maximum atomic E-state index is 2.73. The van der Waals surface area contributed by atoms with Crippen LogP contribution in [0.2, 0.25) is 0 Å². The number of hydrogen-bond acceptors (Lipinski definition) is 5. The molecule has 0 aliphatic carbocycles. The first-order valence-electron chi connectivity index (χ1n) is 33.4. The lowest BCUT2D eigenvalue weighted by Crippen LogP contribution is -2.61. The van der Waals surface area contributed by atoms with Crippen LogP contribution in [0.3, 0.4) is 0 Å². The second kappa shape index (κ2) is 20.5. The first-order valence-corrected chi connectivity index (χ1v) is 34.2. The van der Waals surface area contributed by atoms with E-state index in [4.69, 9.17) is 0 Å². The highest BCUT2D eigenvalue weighted by atomic mass is 32.1. The van der Waals surface area contributed by atoms with Crippen molar-refractivity contribution in [2.24, 2.45) is 0 Å². The van der Waals surface area contributed by atoms with Gasteiger partial charge in [-0.1, -0.05) is 228 Å². The van der Waals surface area contributed by atoms with Crippen molar-refractivity contribution < 1.29 is 0 Å². The van der Waals surface area contributed by atoms with Crippen LogP contribution in [0.1, 0.15) is 158 Å². The Morgan fingerprint density at radius 2 is 0.630 bits per heavy atom. The Labute approximate surface area is 552 Å². The fourth-order valence-electron chi connectivity index (χ4n) is 15.1. The van der Waals surface area contributed by atoms with E-state index in [9.17, 15) is 0 Å². The molecule has 11 aromatic rings. The van der Waals surface area contributed by atoms with Crippen molar-refractivity contribution in [2.45, 2.75) is 157 Å². The summed E-state index contributed by atoms with van der Waals surface area (Å²) in [6.45, 7) is 42.0. The van der Waals surface area contributed by atoms with E-state index < -0.39 is 0 Å². The molecule has 0 N–H and O–H groups in total. The highest BCUT2D eigenvalue weighted by Crippen LogP contribution is 2.56. The highest BCUT2D eigenvalue weighted by Gasteiger charge is 2.54. The average Bonchev–Trinajstić information content (AvgIpc) is 1.42. The molecule has 460 valence electrons. The van der Waals surface area contributed by atoms with E-state index in [1.807, 2.05) is 0 Å². The van der Waals surface area contributed by atoms with Crippen molar-refractivity contribution in [1.29, 1.82) is 0 Å². The van der Waals surface area contributed by atoms with Crippen LogP contribution in [0.5, 0.6) is 0 Å². The minimum absolute atomic E-state index is 0.00919. The topological polar surface area (TPSA) is 17.9 Å². The van der Waals surface area contributed by atoms with Crippen molar-refractivity contribution in [2.75, 3.05) is 19.6 Å². The molecule has 8 heteroatoms. The second-order valence-corrected chi connectivity index (χ2v) is 33.8. The van der Waals surface area contributed by atoms with Gasteiger partial charge in [0.15, 0.2) is 0 Å². The number of anilines is 12. The first-order chi connectivity index (χ1) is 43.5. The fourth-order valence-corrected chi connectivity index (χ4v) is 16.6. The van der Waals surface area contributed by atoms with Crippen molar-refractivity contribution in [3.8, 4) is 5.69 Å². The summed E-state index contributed by atoms with van der Waals surface area (Å²) in [4.78, 5) is 10.7. The molecule has 0 fully saturated rings. The van der Waals surface area contributed by atoms with Gasteiger partial charge in [0.1, 0.15) is 5.82 Å². The Morgan fingerprint density at radius 1 is 0.283 bits per heavy atom. The van der Waals surface area contributed by atoms with Gasteiger partial charge in [-0.3, -0.25) is 9.47 Å². The molecule has 0 amide bonds. The summed E-state index contributed by atoms with van der Waals surface area (Å²) in [6.07, 6.45) is 0. The number of para-hydroxylation sites is 3. The largest absolute Gasteiger partial charge is 0.311 e. The van der Waals surface area contributed by atoms with Crippen molar-refractivity contribution >= 4 is 135 Å². The van der Waals surface area contributed by atoms with Crippen LogP contribution in [0.4, 0.5) is 68.4 Å². The molecule has 0 bridgehead atoms. The van der Waals surface area contributed by atoms with E-state index in [-0.39, 0.29) is 45.9 Å². The predicted molar refractivity (Wildman–Crippen MR) is 401 cm³/mol. The van der Waals surface area contributed by atoms with E-state index in [0.717, 1.165) is 22.7 Å². The van der Waals surface area contributed by atoms with Gasteiger partial charge in [-0.2, -0.15) is 11.3 Å². The summed E-state index contributed by atoms with van der Waals surface area (Å²) < 4.78 is 5.29. The molecule has 2 aromatic heterocycles. The highest BCUT2D eigenvalue weighted by molar-refractivity contribution is 7.39. The Kier molecular flexibility index (Phi) is 13.3. The molecule has 6 heterocycles. The average molecular weight is 1220 g/mol. The Morgan fingerprint density at radius 3 is 1.08 bits per heavy atom. The standard InChI is InChI=1S/C84H87B2N5S/c1-79(2,3)52-32-40-59(41-33-52)87-66-31-25-23-29-64(66)85-72-67(87)48-56(83(13,14)15)49-68(72)88(60-42-34-53(35-43-60)80(4,5)6)74-75-77(92-76(74)85)86-71-63-28-22-24-30-65(63)90(58-26-20-19-21-27-58)78(71)91(62-46-38-55(39-47-62)82(10,11)12)70-51-57(84(16,17)18)50-69(73(70)86)89(75)61-44-36-54(37-45-61)81(7,8)9/h19-51H,1-18H3. The van der Waals surface area contributed by atoms with Gasteiger partial charge < -0.3 is 14.7 Å². The molecule has 4 aliphatic rings. The number of aromatic nitrogens is 1. The number of nitrogens with zero attached hydrogens (tertiary/aromatic N) is 5. The molecule has 0 atom stereocenters. The van der Waals surface area contributed by atoms with Crippen LogP contribution in [0.25, 0.3) is 16.6 Å². The zero-order valence-corrected chi connectivity index (χ0v) is 58.2. The molecule has 0 spiro atoms. The van der Waals surface area contributed by atoms with E-state index in [0.29, 0.717) is 0 Å². The minimum Gasteiger partial charge on any atom is -0.311 e. The summed E-state index contributed by atoms with van der Waals surface area (Å²) in [6, 6.07) is 78.3. The van der Waals surface area contributed by atoms with Crippen molar-refractivity contribution in [1.82, 2.24) is 4.57 Å². The Hall–Kier alpha value is -8.45. The molecule has 0 radical (unpaired) electrons. The lowest BCUT2D eigenvalue weighted by Gasteiger charge is -2.46. The molecule has 0 unspecified atom stereocenters. The summed E-state index contributed by atoms with van der Waals surface area (Å²) in [5.41, 5.74) is 28.2. The van der Waals surface area contributed by atoms with Crippen molar-refractivity contribution in [3.63, 3.8) is 0 Å². The van der Waals surface area contributed by atoms with Gasteiger partial charge in [0, 0.05) is 66.4 Å².